The van der Waals surface area contributed by atoms with Gasteiger partial charge in [0.15, 0.2) is 11.5 Å². The molecule has 3 aliphatic heterocycles. The van der Waals surface area contributed by atoms with Gasteiger partial charge in [-0.1, -0.05) is 19.9 Å². The number of alkyl halides is 2. The fourth-order valence-corrected chi connectivity index (χ4v) is 6.78. The van der Waals surface area contributed by atoms with Crippen molar-refractivity contribution in [3.8, 4) is 22.7 Å². The van der Waals surface area contributed by atoms with E-state index in [4.69, 9.17) is 4.74 Å². The largest absolute Gasteiger partial charge is 0.493 e. The first-order valence-corrected chi connectivity index (χ1v) is 15.2. The number of hydrogen-bond donors (Lipinski definition) is 0. The van der Waals surface area contributed by atoms with E-state index in [2.05, 4.69) is 15.0 Å². The van der Waals surface area contributed by atoms with Crippen molar-refractivity contribution < 1.29 is 27.1 Å². The Morgan fingerprint density at radius 3 is 2.72 bits per heavy atom. The second-order valence-electron chi connectivity index (χ2n) is 12.0. The third-order valence-electron chi connectivity index (χ3n) is 8.90. The molecule has 46 heavy (non-hydrogen) atoms. The summed E-state index contributed by atoms with van der Waals surface area (Å²) in [4.78, 5) is 43.8. The molecule has 0 N–H and O–H groups in total. The van der Waals surface area contributed by atoms with E-state index in [1.807, 2.05) is 24.8 Å². The highest BCUT2D eigenvalue weighted by atomic mass is 19.3. The Bertz CT molecular complexity index is 1960. The molecule has 4 aromatic rings. The van der Waals surface area contributed by atoms with Gasteiger partial charge in [0.1, 0.15) is 23.1 Å². The van der Waals surface area contributed by atoms with Crippen molar-refractivity contribution in [2.45, 2.75) is 57.5 Å². The van der Waals surface area contributed by atoms with Gasteiger partial charge in [0.05, 0.1) is 41.0 Å². The molecule has 0 aliphatic carbocycles. The number of ether oxygens (including phenoxy) is 1. The highest BCUT2D eigenvalue weighted by Gasteiger charge is 2.49. The van der Waals surface area contributed by atoms with E-state index >= 15 is 8.78 Å². The molecule has 1 amide bonds. The lowest BCUT2D eigenvalue weighted by molar-refractivity contribution is -0.133. The number of carbonyl (C=O) groups excluding carboxylic acids is 1. The average Bonchev–Trinajstić information content (AvgIpc) is 3.32. The molecule has 0 spiro atoms. The topological polar surface area (TPSA) is 93.5 Å². The lowest BCUT2D eigenvalue weighted by Crippen LogP contribution is -2.63. The van der Waals surface area contributed by atoms with E-state index < -0.39 is 29.7 Å². The molecule has 0 saturated carbocycles. The first kappa shape index (κ1) is 29.9. The highest BCUT2D eigenvalue weighted by Crippen LogP contribution is 2.41. The van der Waals surface area contributed by atoms with Gasteiger partial charge in [-0.05, 0) is 61.1 Å². The van der Waals surface area contributed by atoms with Gasteiger partial charge in [-0.3, -0.25) is 9.78 Å². The molecule has 238 valence electrons. The number of anilines is 1. The van der Waals surface area contributed by atoms with Crippen molar-refractivity contribution in [1.29, 1.82) is 0 Å². The number of halogens is 4. The molecule has 3 aliphatic rings. The molecule has 2 atom stereocenters. The minimum Gasteiger partial charge on any atom is -0.493 e. The predicted octanol–water partition coefficient (Wildman–Crippen LogP) is 5.18. The number of nitrogens with zero attached hydrogens (tertiary/aromatic N) is 6. The van der Waals surface area contributed by atoms with Gasteiger partial charge in [-0.2, -0.15) is 4.98 Å². The molecule has 3 aromatic heterocycles. The van der Waals surface area contributed by atoms with Gasteiger partial charge < -0.3 is 14.5 Å². The van der Waals surface area contributed by atoms with Gasteiger partial charge in [-0.25, -0.2) is 31.9 Å². The minimum absolute atomic E-state index is 0.0768. The van der Waals surface area contributed by atoms with Gasteiger partial charge >= 0.3 is 5.69 Å². The summed E-state index contributed by atoms with van der Waals surface area (Å²) >= 11 is 0. The molecule has 2 fully saturated rings. The molecule has 2 unspecified atom stereocenters. The normalized spacial score (nSPS) is 19.1. The van der Waals surface area contributed by atoms with Crippen LogP contribution in [-0.2, 0) is 11.2 Å². The maximum absolute atomic E-state index is 16.2. The number of allylic oxidation sites excluding steroid dienone is 1. The van der Waals surface area contributed by atoms with Crippen LogP contribution in [0.2, 0.25) is 0 Å². The average molecular weight is 635 g/mol. The second-order valence-corrected chi connectivity index (χ2v) is 12.0. The molecule has 1 aromatic carbocycles. The number of rotatable bonds is 4. The zero-order chi connectivity index (χ0) is 32.3. The van der Waals surface area contributed by atoms with E-state index in [1.165, 1.54) is 27.7 Å². The third-order valence-corrected chi connectivity index (χ3v) is 8.90. The van der Waals surface area contributed by atoms with Crippen LogP contribution in [0.25, 0.3) is 28.0 Å². The Morgan fingerprint density at radius 2 is 1.93 bits per heavy atom. The number of aryl methyl sites for hydroxylation is 1. The van der Waals surface area contributed by atoms with Crippen molar-refractivity contribution in [2.75, 3.05) is 24.6 Å². The van der Waals surface area contributed by atoms with Crippen LogP contribution in [0, 0.1) is 11.6 Å². The molecule has 6 heterocycles. The molecule has 13 heteroatoms. The fraction of sp³-hybridized carbons (Fsp3) is 0.364. The van der Waals surface area contributed by atoms with Crippen molar-refractivity contribution in [3.05, 3.63) is 82.1 Å². The number of amides is 1. The van der Waals surface area contributed by atoms with Gasteiger partial charge in [0.25, 0.3) is 6.43 Å². The third kappa shape index (κ3) is 4.88. The number of benzene rings is 1. The standard InChI is InChI=1S/C33H30F4N6O3/c1-17(2)28-30-18(10-12-38-28)5-4-14-46-24-7-3-6-20(34)27(24)29-21(35)15-19-31(40-33(45)43(30)32(19)39-29)41-13-11-22-23(41)16-42(22)26(44)9-8-25(36)37/h3,6-10,12,15,17,22-23,25H,4-5,11,13-14,16H2,1-2H3/b9-8+. The molecule has 0 radical (unpaired) electrons. The number of aromatic nitrogens is 4. The highest BCUT2D eigenvalue weighted by molar-refractivity contribution is 5.92. The Hall–Kier alpha value is -4.81. The number of pyridine rings is 2. The van der Waals surface area contributed by atoms with Gasteiger partial charge in [-0.15, -0.1) is 0 Å². The Labute approximate surface area is 261 Å². The first-order chi connectivity index (χ1) is 22.1. The maximum atomic E-state index is 16.2. The molecule has 2 bridgehead atoms. The fourth-order valence-electron chi connectivity index (χ4n) is 6.78. The van der Waals surface area contributed by atoms with Crippen LogP contribution in [-0.4, -0.2) is 68.5 Å². The van der Waals surface area contributed by atoms with E-state index in [1.54, 1.807) is 12.3 Å². The summed E-state index contributed by atoms with van der Waals surface area (Å²) in [5.41, 5.74) is 0.874. The van der Waals surface area contributed by atoms with Crippen LogP contribution in [0.15, 0.2) is 53.5 Å². The Morgan fingerprint density at radius 1 is 1.11 bits per heavy atom. The van der Waals surface area contributed by atoms with E-state index in [-0.39, 0.29) is 65.0 Å². The van der Waals surface area contributed by atoms with Crippen molar-refractivity contribution in [1.82, 2.24) is 24.4 Å². The summed E-state index contributed by atoms with van der Waals surface area (Å²) in [5.74, 6) is -1.86. The molecule has 9 nitrogen and oxygen atoms in total. The monoisotopic (exact) mass is 634 g/mol. The van der Waals surface area contributed by atoms with E-state index in [0.29, 0.717) is 43.3 Å². The van der Waals surface area contributed by atoms with Crippen LogP contribution in [0.1, 0.15) is 43.9 Å². The van der Waals surface area contributed by atoms with E-state index in [9.17, 15) is 18.4 Å². The van der Waals surface area contributed by atoms with Gasteiger partial charge in [0.2, 0.25) is 5.91 Å². The molecular formula is C33H30F4N6O3. The van der Waals surface area contributed by atoms with Crippen LogP contribution >= 0.6 is 0 Å². The molecule has 7 rings (SSSR count). The smallest absolute Gasteiger partial charge is 0.355 e. The maximum Gasteiger partial charge on any atom is 0.355 e. The Kier molecular flexibility index (Phi) is 7.48. The summed E-state index contributed by atoms with van der Waals surface area (Å²) in [6.45, 7) is 4.72. The summed E-state index contributed by atoms with van der Waals surface area (Å²) in [6, 6.07) is 6.71. The summed E-state index contributed by atoms with van der Waals surface area (Å²) < 4.78 is 64.2. The van der Waals surface area contributed by atoms with Crippen molar-refractivity contribution in [2.24, 2.45) is 0 Å². The predicted molar refractivity (Wildman–Crippen MR) is 163 cm³/mol. The number of carbonyl (C=O) groups is 1. The number of hydrogen-bond acceptors (Lipinski definition) is 7. The van der Waals surface area contributed by atoms with Crippen LogP contribution in [0.5, 0.6) is 5.75 Å². The van der Waals surface area contributed by atoms with Crippen LogP contribution in [0.4, 0.5) is 23.4 Å². The second kappa shape index (κ2) is 11.5. The zero-order valence-corrected chi connectivity index (χ0v) is 25.1. The molecular weight excluding hydrogens is 604 g/mol. The Balaban J connectivity index is 1.45. The quantitative estimate of drug-likeness (QED) is 0.226. The summed E-state index contributed by atoms with van der Waals surface area (Å²) in [6.07, 6.45) is 1.89. The zero-order valence-electron chi connectivity index (χ0n) is 25.1. The van der Waals surface area contributed by atoms with Gasteiger partial charge in [0, 0.05) is 25.4 Å². The lowest BCUT2D eigenvalue weighted by Gasteiger charge is -2.46. The molecule has 2 saturated heterocycles. The SMILES string of the molecule is CC(C)c1nccc2c1-n1c(=O)nc(N3CCC4C3CN4C(=O)/C=C/C(F)F)c3cc(F)c(nc31)-c1c(F)cccc1OCCC2. The number of fused-ring (bicyclic) bond motifs is 6. The number of likely N-dealkylation sites (tertiary alicyclic amines) is 1. The van der Waals surface area contributed by atoms with Crippen molar-refractivity contribution >= 4 is 22.8 Å². The van der Waals surface area contributed by atoms with Crippen LogP contribution < -0.4 is 15.3 Å². The minimum atomic E-state index is -2.74. The van der Waals surface area contributed by atoms with E-state index in [0.717, 1.165) is 11.6 Å². The van der Waals surface area contributed by atoms with Crippen LogP contribution in [0.3, 0.4) is 0 Å². The summed E-state index contributed by atoms with van der Waals surface area (Å²) in [5, 5.41) is 0.226. The lowest BCUT2D eigenvalue weighted by atomic mass is 9.96. The van der Waals surface area contributed by atoms with Crippen molar-refractivity contribution in [3.63, 3.8) is 0 Å². The first-order valence-electron chi connectivity index (χ1n) is 15.2. The summed E-state index contributed by atoms with van der Waals surface area (Å²) in [7, 11) is 0.